The first-order valence-electron chi connectivity index (χ1n) is 7.80. The number of phenolic OH excluding ortho intramolecular Hbond substituents is 1. The van der Waals surface area contributed by atoms with E-state index in [2.05, 4.69) is 32.3 Å². The minimum absolute atomic E-state index is 0.0173. The fourth-order valence-corrected chi connectivity index (χ4v) is 3.90. The molecule has 1 aliphatic rings. The predicted molar refractivity (Wildman–Crippen MR) is 109 cm³/mol. The molecule has 7 heteroatoms. The number of thioether (sulfide) groups is 1. The summed E-state index contributed by atoms with van der Waals surface area (Å²) in [7, 11) is 1.48. The molecule has 3 rings (SSSR count). The second kappa shape index (κ2) is 7.55. The zero-order valence-electron chi connectivity index (χ0n) is 14.5. The standard InChI is InChI=1S/C19H17BrN2O3S/c1-10-4-11(2)6-14(5-10)21-19-22-18(24)16(26-19)8-12-7-13(20)9-15(25-3)17(12)23/h4-9,23H,1-3H3,(H,21,22,24). The van der Waals surface area contributed by atoms with E-state index in [9.17, 15) is 9.90 Å². The van der Waals surface area contributed by atoms with Crippen molar-refractivity contribution in [2.45, 2.75) is 13.8 Å². The molecule has 1 amide bonds. The summed E-state index contributed by atoms with van der Waals surface area (Å²) in [5, 5.41) is 13.5. The molecule has 2 aromatic rings. The third kappa shape index (κ3) is 4.11. The molecule has 1 saturated heterocycles. The van der Waals surface area contributed by atoms with E-state index in [4.69, 9.17) is 4.74 Å². The molecule has 0 unspecified atom stereocenters. The number of aromatic hydroxyl groups is 1. The van der Waals surface area contributed by atoms with Crippen molar-refractivity contribution in [3.8, 4) is 11.5 Å². The van der Waals surface area contributed by atoms with Gasteiger partial charge in [-0.2, -0.15) is 0 Å². The Morgan fingerprint density at radius 2 is 1.88 bits per heavy atom. The maximum atomic E-state index is 12.3. The Kier molecular flexibility index (Phi) is 5.38. The first-order valence-corrected chi connectivity index (χ1v) is 9.41. The fourth-order valence-electron chi connectivity index (χ4n) is 2.61. The average Bonchev–Trinajstić information content (AvgIpc) is 2.88. The molecule has 1 aliphatic heterocycles. The number of methoxy groups -OCH3 is 1. The third-order valence-electron chi connectivity index (χ3n) is 3.66. The minimum Gasteiger partial charge on any atom is -0.504 e. The maximum Gasteiger partial charge on any atom is 0.264 e. The number of amidine groups is 1. The van der Waals surface area contributed by atoms with Gasteiger partial charge >= 0.3 is 0 Å². The van der Waals surface area contributed by atoms with Crippen LogP contribution in [0.3, 0.4) is 0 Å². The summed E-state index contributed by atoms with van der Waals surface area (Å²) in [6.45, 7) is 4.01. The van der Waals surface area contributed by atoms with Gasteiger partial charge in [0.15, 0.2) is 16.7 Å². The molecule has 0 bridgehead atoms. The lowest BCUT2D eigenvalue weighted by Crippen LogP contribution is -2.19. The highest BCUT2D eigenvalue weighted by molar-refractivity contribution is 9.10. The molecule has 2 aromatic carbocycles. The number of benzene rings is 2. The Morgan fingerprint density at radius 1 is 1.19 bits per heavy atom. The van der Waals surface area contributed by atoms with Crippen molar-refractivity contribution in [3.05, 3.63) is 56.4 Å². The second-order valence-electron chi connectivity index (χ2n) is 5.87. The van der Waals surface area contributed by atoms with E-state index in [1.807, 2.05) is 26.0 Å². The molecule has 0 aromatic heterocycles. The van der Waals surface area contributed by atoms with E-state index >= 15 is 0 Å². The molecule has 26 heavy (non-hydrogen) atoms. The van der Waals surface area contributed by atoms with Gasteiger partial charge in [-0.15, -0.1) is 0 Å². The van der Waals surface area contributed by atoms with Crippen molar-refractivity contribution in [1.82, 2.24) is 5.32 Å². The predicted octanol–water partition coefficient (Wildman–Crippen LogP) is 4.67. The topological polar surface area (TPSA) is 70.9 Å². The lowest BCUT2D eigenvalue weighted by molar-refractivity contribution is -0.115. The number of ether oxygens (including phenoxy) is 1. The molecule has 0 atom stereocenters. The van der Waals surface area contributed by atoms with E-state index in [1.165, 1.54) is 18.9 Å². The van der Waals surface area contributed by atoms with Gasteiger partial charge in [-0.1, -0.05) is 22.0 Å². The molecular weight excluding hydrogens is 416 g/mol. The summed E-state index contributed by atoms with van der Waals surface area (Å²) in [4.78, 5) is 17.2. The number of nitrogens with one attached hydrogen (secondary N) is 1. The number of aliphatic imine (C=N–C) groups is 1. The second-order valence-corrected chi connectivity index (χ2v) is 7.82. The number of nitrogens with zero attached hydrogens (tertiary/aromatic N) is 1. The highest BCUT2D eigenvalue weighted by Crippen LogP contribution is 2.37. The number of phenols is 1. The summed E-state index contributed by atoms with van der Waals surface area (Å²) in [5.41, 5.74) is 3.50. The van der Waals surface area contributed by atoms with Crippen molar-refractivity contribution in [3.63, 3.8) is 0 Å². The van der Waals surface area contributed by atoms with Crippen LogP contribution in [0.2, 0.25) is 0 Å². The molecule has 0 aliphatic carbocycles. The summed E-state index contributed by atoms with van der Waals surface area (Å²) >= 11 is 4.60. The Hall–Kier alpha value is -2.25. The van der Waals surface area contributed by atoms with Crippen molar-refractivity contribution in [2.75, 3.05) is 7.11 Å². The highest BCUT2D eigenvalue weighted by atomic mass is 79.9. The Bertz CT molecular complexity index is 934. The van der Waals surface area contributed by atoms with Gasteiger partial charge in [0.25, 0.3) is 5.91 Å². The highest BCUT2D eigenvalue weighted by Gasteiger charge is 2.24. The minimum atomic E-state index is -0.253. The van der Waals surface area contributed by atoms with Gasteiger partial charge in [-0.25, -0.2) is 4.99 Å². The van der Waals surface area contributed by atoms with Gasteiger partial charge in [-0.3, -0.25) is 4.79 Å². The van der Waals surface area contributed by atoms with Gasteiger partial charge in [0, 0.05) is 10.0 Å². The van der Waals surface area contributed by atoms with Crippen molar-refractivity contribution < 1.29 is 14.6 Å². The zero-order valence-corrected chi connectivity index (χ0v) is 16.9. The fraction of sp³-hybridized carbons (Fsp3) is 0.158. The average molecular weight is 433 g/mol. The quantitative estimate of drug-likeness (QED) is 0.691. The maximum absolute atomic E-state index is 12.3. The van der Waals surface area contributed by atoms with Crippen molar-refractivity contribution >= 4 is 50.5 Å². The van der Waals surface area contributed by atoms with Crippen LogP contribution < -0.4 is 10.1 Å². The molecule has 1 heterocycles. The van der Waals surface area contributed by atoms with Crippen LogP contribution in [0.15, 0.2) is 44.7 Å². The summed E-state index contributed by atoms with van der Waals surface area (Å²) in [6.07, 6.45) is 1.62. The smallest absolute Gasteiger partial charge is 0.264 e. The monoisotopic (exact) mass is 432 g/mol. The lowest BCUT2D eigenvalue weighted by Gasteiger charge is -2.07. The first-order chi connectivity index (χ1) is 12.4. The number of halogens is 1. The number of carbonyl (C=O) groups is 1. The first kappa shape index (κ1) is 18.5. The summed E-state index contributed by atoms with van der Waals surface area (Å²) in [6, 6.07) is 9.36. The number of rotatable bonds is 3. The summed E-state index contributed by atoms with van der Waals surface area (Å²) < 4.78 is 5.88. The molecular formula is C19H17BrN2O3S. The van der Waals surface area contributed by atoms with Crippen LogP contribution in [0, 0.1) is 13.8 Å². The molecule has 2 N–H and O–H groups in total. The molecule has 0 radical (unpaired) electrons. The van der Waals surface area contributed by atoms with Crippen LogP contribution in [0.5, 0.6) is 11.5 Å². The normalized spacial score (nSPS) is 17.0. The summed E-state index contributed by atoms with van der Waals surface area (Å²) in [5.74, 6) is 0.0616. The van der Waals surface area contributed by atoms with Crippen molar-refractivity contribution in [2.24, 2.45) is 4.99 Å². The van der Waals surface area contributed by atoms with E-state index in [-0.39, 0.29) is 11.7 Å². The van der Waals surface area contributed by atoms with E-state index in [0.717, 1.165) is 21.3 Å². The van der Waals surface area contributed by atoms with Crippen LogP contribution in [0.1, 0.15) is 16.7 Å². The van der Waals surface area contributed by atoms with E-state index in [1.54, 1.807) is 18.2 Å². The molecule has 1 fully saturated rings. The van der Waals surface area contributed by atoms with E-state index < -0.39 is 0 Å². The molecule has 0 spiro atoms. The lowest BCUT2D eigenvalue weighted by atomic mass is 10.1. The van der Waals surface area contributed by atoms with Gasteiger partial charge in [0.2, 0.25) is 0 Å². The van der Waals surface area contributed by atoms with Crippen LogP contribution >= 0.6 is 27.7 Å². The number of hydrogen-bond acceptors (Lipinski definition) is 5. The Balaban J connectivity index is 1.92. The van der Waals surface area contributed by atoms with Gasteiger partial charge < -0.3 is 15.2 Å². The van der Waals surface area contributed by atoms with Crippen LogP contribution in [0.4, 0.5) is 5.69 Å². The largest absolute Gasteiger partial charge is 0.504 e. The number of hydrogen-bond donors (Lipinski definition) is 2. The van der Waals surface area contributed by atoms with Gasteiger partial charge in [0.1, 0.15) is 0 Å². The number of carbonyl (C=O) groups excluding carboxylic acids is 1. The Morgan fingerprint density at radius 3 is 2.54 bits per heavy atom. The van der Waals surface area contributed by atoms with Crippen LogP contribution in [-0.4, -0.2) is 23.3 Å². The molecule has 5 nitrogen and oxygen atoms in total. The van der Waals surface area contributed by atoms with Crippen LogP contribution in [0.25, 0.3) is 6.08 Å². The van der Waals surface area contributed by atoms with E-state index in [0.29, 0.717) is 21.4 Å². The van der Waals surface area contributed by atoms with Crippen LogP contribution in [-0.2, 0) is 4.79 Å². The molecule has 134 valence electrons. The van der Waals surface area contributed by atoms with Gasteiger partial charge in [-0.05, 0) is 67.1 Å². The number of aryl methyl sites for hydroxylation is 2. The zero-order chi connectivity index (χ0) is 18.8. The van der Waals surface area contributed by atoms with Crippen molar-refractivity contribution in [1.29, 1.82) is 0 Å². The Labute approximate surface area is 164 Å². The number of amides is 1. The molecule has 0 saturated carbocycles. The van der Waals surface area contributed by atoms with Gasteiger partial charge in [0.05, 0.1) is 17.7 Å². The SMILES string of the molecule is COc1cc(Br)cc(C=C2SC(=Nc3cc(C)cc(C)c3)NC2=O)c1O. The third-order valence-corrected chi connectivity index (χ3v) is 5.03.